The van der Waals surface area contributed by atoms with E-state index in [4.69, 9.17) is 17.3 Å². The van der Waals surface area contributed by atoms with Crippen LogP contribution in [0.5, 0.6) is 5.75 Å². The largest absolute Gasteiger partial charge is 0.507 e. The lowest BCUT2D eigenvalue weighted by atomic mass is 10.1. The first-order valence-corrected chi connectivity index (χ1v) is 9.34. The molecule has 0 spiro atoms. The van der Waals surface area contributed by atoms with Gasteiger partial charge in [-0.1, -0.05) is 16.8 Å². The van der Waals surface area contributed by atoms with Crippen molar-refractivity contribution in [3.63, 3.8) is 0 Å². The lowest BCUT2D eigenvalue weighted by molar-refractivity contribution is -0.384. The van der Waals surface area contributed by atoms with Crippen molar-refractivity contribution in [2.45, 2.75) is 0 Å². The Morgan fingerprint density at radius 1 is 1.27 bits per heavy atom. The number of nitro groups is 1. The minimum Gasteiger partial charge on any atom is -0.507 e. The molecule has 2 aromatic heterocycles. The summed E-state index contributed by atoms with van der Waals surface area (Å²) in [6, 6.07) is 9.62. The van der Waals surface area contributed by atoms with Crippen LogP contribution in [0.2, 0.25) is 5.02 Å². The quantitative estimate of drug-likeness (QED) is 0.213. The number of nitrogen functional groups attached to an aromatic ring is 1. The van der Waals surface area contributed by atoms with Crippen LogP contribution in [0.3, 0.4) is 0 Å². The number of hydrazone groups is 1. The van der Waals surface area contributed by atoms with Gasteiger partial charge in [-0.3, -0.25) is 14.9 Å². The number of aromatic hydroxyl groups is 1. The highest BCUT2D eigenvalue weighted by atomic mass is 35.5. The molecule has 0 bridgehead atoms. The van der Waals surface area contributed by atoms with Gasteiger partial charge >= 0.3 is 0 Å². The summed E-state index contributed by atoms with van der Waals surface area (Å²) in [7, 11) is 0. The van der Waals surface area contributed by atoms with E-state index in [1.807, 2.05) is 0 Å². The Bertz CT molecular complexity index is 1380. The highest BCUT2D eigenvalue weighted by Gasteiger charge is 2.25. The predicted octanol–water partition coefficient (Wildman–Crippen LogP) is 1.93. The van der Waals surface area contributed by atoms with E-state index in [-0.39, 0.29) is 40.0 Å². The molecule has 0 unspecified atom stereocenters. The number of rotatable bonds is 6. The van der Waals surface area contributed by atoms with Gasteiger partial charge in [0.2, 0.25) is 11.6 Å². The van der Waals surface area contributed by atoms with Gasteiger partial charge in [0.1, 0.15) is 11.4 Å². The molecule has 0 radical (unpaired) electrons. The number of hydrogen-bond donors (Lipinski definition) is 3. The lowest BCUT2D eigenvalue weighted by Crippen LogP contribution is -2.19. The Balaban J connectivity index is 1.70. The van der Waals surface area contributed by atoms with E-state index in [0.717, 1.165) is 4.68 Å². The second-order valence-corrected chi connectivity index (χ2v) is 6.81. The van der Waals surface area contributed by atoms with Gasteiger partial charge in [-0.2, -0.15) is 9.78 Å². The fourth-order valence-corrected chi connectivity index (χ4v) is 2.94. The molecule has 15 heteroatoms. The number of amides is 1. The molecule has 2 aromatic carbocycles. The van der Waals surface area contributed by atoms with Gasteiger partial charge < -0.3 is 10.8 Å². The summed E-state index contributed by atoms with van der Waals surface area (Å²) >= 11 is 5.89. The summed E-state index contributed by atoms with van der Waals surface area (Å²) in [6.45, 7) is 0. The number of aromatic nitrogens is 5. The van der Waals surface area contributed by atoms with Crippen molar-refractivity contribution in [1.82, 2.24) is 30.7 Å². The topological polar surface area (TPSA) is 200 Å². The number of phenolic OH excluding ortho intramolecular Hbond substituents is 1. The summed E-state index contributed by atoms with van der Waals surface area (Å²) in [5, 5.41) is 39.8. The minimum atomic E-state index is -0.776. The van der Waals surface area contributed by atoms with E-state index >= 15 is 0 Å². The summed E-state index contributed by atoms with van der Waals surface area (Å²) in [5.74, 6) is -1.03. The predicted molar refractivity (Wildman–Crippen MR) is 114 cm³/mol. The van der Waals surface area contributed by atoms with Crippen LogP contribution >= 0.6 is 11.6 Å². The van der Waals surface area contributed by atoms with Crippen LogP contribution in [0.15, 0.2) is 52.2 Å². The first-order chi connectivity index (χ1) is 15.8. The Labute approximate surface area is 188 Å². The van der Waals surface area contributed by atoms with Gasteiger partial charge in [-0.05, 0) is 40.6 Å². The second-order valence-electron chi connectivity index (χ2n) is 6.38. The Morgan fingerprint density at radius 2 is 2.03 bits per heavy atom. The number of hydrogen-bond acceptors (Lipinski definition) is 11. The van der Waals surface area contributed by atoms with Crippen molar-refractivity contribution in [3.8, 4) is 22.8 Å². The van der Waals surface area contributed by atoms with Crippen molar-refractivity contribution in [2.75, 3.05) is 5.73 Å². The van der Waals surface area contributed by atoms with Crippen LogP contribution < -0.4 is 11.2 Å². The molecule has 14 nitrogen and oxygen atoms in total. The third kappa shape index (κ3) is 4.31. The van der Waals surface area contributed by atoms with Gasteiger partial charge in [0, 0.05) is 28.3 Å². The molecular weight excluding hydrogens is 458 g/mol. The smallest absolute Gasteiger partial charge is 0.294 e. The van der Waals surface area contributed by atoms with E-state index in [9.17, 15) is 20.0 Å². The molecule has 4 N–H and O–H groups in total. The Morgan fingerprint density at radius 3 is 2.70 bits per heavy atom. The van der Waals surface area contributed by atoms with E-state index < -0.39 is 10.8 Å². The molecule has 0 aliphatic carbocycles. The lowest BCUT2D eigenvalue weighted by Gasteiger charge is -2.06. The number of nitrogens with two attached hydrogens (primary N) is 1. The number of non-ortho nitro benzene ring substituents is 1. The molecule has 1 amide bonds. The molecule has 0 saturated heterocycles. The average molecular weight is 470 g/mol. The van der Waals surface area contributed by atoms with E-state index in [2.05, 4.69) is 35.8 Å². The zero-order valence-electron chi connectivity index (χ0n) is 16.3. The van der Waals surface area contributed by atoms with Crippen LogP contribution in [-0.4, -0.2) is 47.5 Å². The number of nitrogens with one attached hydrogen (secondary N) is 1. The molecule has 4 aromatic rings. The van der Waals surface area contributed by atoms with Crippen molar-refractivity contribution in [2.24, 2.45) is 5.10 Å². The first kappa shape index (κ1) is 21.4. The van der Waals surface area contributed by atoms with Gasteiger partial charge in [0.25, 0.3) is 11.6 Å². The van der Waals surface area contributed by atoms with E-state index in [1.54, 1.807) is 0 Å². The molecule has 0 aliphatic rings. The Kier molecular flexibility index (Phi) is 5.65. The van der Waals surface area contributed by atoms with Gasteiger partial charge in [0.15, 0.2) is 5.69 Å². The molecule has 33 heavy (non-hydrogen) atoms. The molecule has 0 fully saturated rings. The fourth-order valence-electron chi connectivity index (χ4n) is 2.76. The summed E-state index contributed by atoms with van der Waals surface area (Å²) in [5.41, 5.74) is 8.37. The number of carbonyl (C=O) groups is 1. The standard InChI is InChI=1S/C18H12ClN9O5/c19-11-3-6-13(29)10(7-11)8-21-23-18(30)14-15(9-1-4-12(5-2-9)28(31)32)27(26-22-14)17-16(20)24-33-25-17/h1-8,29H,(H2,20,24)(H,23,30)/b21-8+. The van der Waals surface area contributed by atoms with Crippen molar-refractivity contribution < 1.29 is 19.5 Å². The SMILES string of the molecule is Nc1nonc1-n1nnc(C(=O)N/N=C/c2cc(Cl)ccc2O)c1-c1ccc([N+](=O)[O-])cc1. The number of carbonyl (C=O) groups excluding carboxylic acids is 1. The third-order valence-electron chi connectivity index (χ3n) is 4.29. The van der Waals surface area contributed by atoms with Gasteiger partial charge in [0.05, 0.1) is 11.1 Å². The average Bonchev–Trinajstić information content (AvgIpc) is 3.42. The van der Waals surface area contributed by atoms with Crippen LogP contribution in [0, 0.1) is 10.1 Å². The zero-order valence-corrected chi connectivity index (χ0v) is 17.0. The third-order valence-corrected chi connectivity index (χ3v) is 4.53. The first-order valence-electron chi connectivity index (χ1n) is 8.96. The molecule has 0 aliphatic heterocycles. The van der Waals surface area contributed by atoms with E-state index in [1.165, 1.54) is 48.7 Å². The molecule has 2 heterocycles. The van der Waals surface area contributed by atoms with Crippen LogP contribution in [0.1, 0.15) is 16.1 Å². The number of benzene rings is 2. The molecule has 0 atom stereocenters. The monoisotopic (exact) mass is 469 g/mol. The van der Waals surface area contributed by atoms with Crippen LogP contribution in [0.25, 0.3) is 17.1 Å². The summed E-state index contributed by atoms with van der Waals surface area (Å²) in [6.07, 6.45) is 1.19. The number of phenols is 1. The second kappa shape index (κ2) is 8.72. The van der Waals surface area contributed by atoms with Crippen LogP contribution in [-0.2, 0) is 0 Å². The highest BCUT2D eigenvalue weighted by molar-refractivity contribution is 6.30. The normalized spacial score (nSPS) is 11.1. The van der Waals surface area contributed by atoms with Gasteiger partial charge in [-0.15, -0.1) is 5.10 Å². The van der Waals surface area contributed by atoms with Crippen molar-refractivity contribution >= 4 is 35.2 Å². The maximum absolute atomic E-state index is 12.8. The van der Waals surface area contributed by atoms with E-state index in [0.29, 0.717) is 10.6 Å². The molecule has 4 rings (SSSR count). The Hall–Kier alpha value is -4.85. The number of anilines is 1. The number of nitro benzene ring substituents is 1. The minimum absolute atomic E-state index is 0.0396. The number of halogens is 1. The van der Waals surface area contributed by atoms with Crippen molar-refractivity contribution in [1.29, 1.82) is 0 Å². The number of nitrogens with zero attached hydrogens (tertiary/aromatic N) is 7. The van der Waals surface area contributed by atoms with Crippen LogP contribution in [0.4, 0.5) is 11.5 Å². The molecule has 166 valence electrons. The molecular formula is C18H12ClN9O5. The fraction of sp³-hybridized carbons (Fsp3) is 0. The van der Waals surface area contributed by atoms with Crippen molar-refractivity contribution in [3.05, 3.63) is 68.9 Å². The summed E-state index contributed by atoms with van der Waals surface area (Å²) < 4.78 is 5.69. The summed E-state index contributed by atoms with van der Waals surface area (Å²) in [4.78, 5) is 23.2. The molecule has 0 saturated carbocycles. The zero-order chi connectivity index (χ0) is 23.5. The maximum Gasteiger partial charge on any atom is 0.294 e. The highest BCUT2D eigenvalue weighted by Crippen LogP contribution is 2.28. The van der Waals surface area contributed by atoms with Gasteiger partial charge in [-0.25, -0.2) is 10.1 Å². The maximum atomic E-state index is 12.8.